The number of carbonyl (C=O) groups excluding carboxylic acids is 1. The summed E-state index contributed by atoms with van der Waals surface area (Å²) in [5.74, 6) is 0.252. The van der Waals surface area contributed by atoms with Gasteiger partial charge in [-0.15, -0.1) is 0 Å². The highest BCUT2D eigenvalue weighted by Gasteiger charge is 2.10. The number of nitrogens with zero attached hydrogens (tertiary/aromatic N) is 1. The van der Waals surface area contributed by atoms with Crippen molar-refractivity contribution in [3.63, 3.8) is 0 Å². The Morgan fingerprint density at radius 2 is 2.05 bits per heavy atom. The van der Waals surface area contributed by atoms with E-state index < -0.39 is 0 Å². The highest BCUT2D eigenvalue weighted by molar-refractivity contribution is 5.81. The van der Waals surface area contributed by atoms with Crippen LogP contribution in [0.2, 0.25) is 0 Å². The maximum atomic E-state index is 11.5. The third-order valence-corrected chi connectivity index (χ3v) is 3.04. The first-order valence-electron chi connectivity index (χ1n) is 6.51. The summed E-state index contributed by atoms with van der Waals surface area (Å²) >= 11 is 0. The first-order chi connectivity index (χ1) is 9.00. The Morgan fingerprint density at radius 1 is 1.37 bits per heavy atom. The number of benzene rings is 1. The van der Waals surface area contributed by atoms with E-state index in [0.717, 1.165) is 11.1 Å². The van der Waals surface area contributed by atoms with Crippen molar-refractivity contribution in [1.29, 1.82) is 0 Å². The van der Waals surface area contributed by atoms with E-state index in [4.69, 9.17) is 4.84 Å². The molecule has 0 spiro atoms. The van der Waals surface area contributed by atoms with Gasteiger partial charge in [-0.2, -0.15) is 0 Å². The maximum Gasteiger partial charge on any atom is 0.260 e. The molecule has 0 aliphatic carbocycles. The molecule has 0 aromatic heterocycles. The Labute approximate surface area is 114 Å². The Hall–Kier alpha value is -1.84. The Balaban J connectivity index is 2.34. The zero-order valence-electron chi connectivity index (χ0n) is 12.0. The zero-order valence-corrected chi connectivity index (χ0v) is 12.0. The quantitative estimate of drug-likeness (QED) is 0.632. The molecule has 1 aromatic rings. The van der Waals surface area contributed by atoms with Crippen LogP contribution >= 0.6 is 0 Å². The van der Waals surface area contributed by atoms with Crippen LogP contribution in [0.25, 0.3) is 0 Å². The first-order valence-corrected chi connectivity index (χ1v) is 6.51. The maximum absolute atomic E-state index is 11.5. The van der Waals surface area contributed by atoms with Gasteiger partial charge in [-0.05, 0) is 30.9 Å². The van der Waals surface area contributed by atoms with Crippen molar-refractivity contribution in [2.45, 2.75) is 33.7 Å². The largest absolute Gasteiger partial charge is 0.386 e. The fourth-order valence-corrected chi connectivity index (χ4v) is 1.38. The second-order valence-electron chi connectivity index (χ2n) is 4.96. The number of carbonyl (C=O) groups is 1. The molecule has 1 N–H and O–H groups in total. The van der Waals surface area contributed by atoms with Crippen LogP contribution in [0.4, 0.5) is 0 Å². The van der Waals surface area contributed by atoms with Gasteiger partial charge in [-0.3, -0.25) is 4.79 Å². The van der Waals surface area contributed by atoms with Gasteiger partial charge >= 0.3 is 0 Å². The minimum Gasteiger partial charge on any atom is -0.386 e. The molecule has 0 aliphatic heterocycles. The summed E-state index contributed by atoms with van der Waals surface area (Å²) in [5.41, 5.74) is 2.10. The minimum absolute atomic E-state index is 0.0561. The Bertz CT molecular complexity index is 442. The molecule has 0 saturated heterocycles. The molecular formula is C15H22N2O2. The fraction of sp³-hybridized carbons (Fsp3) is 0.467. The lowest BCUT2D eigenvalue weighted by Gasteiger charge is -2.16. The number of hydrogen-bond acceptors (Lipinski definition) is 3. The lowest BCUT2D eigenvalue weighted by Crippen LogP contribution is -2.38. The third-order valence-electron chi connectivity index (χ3n) is 3.04. The van der Waals surface area contributed by atoms with Gasteiger partial charge in [0, 0.05) is 6.04 Å². The molecule has 19 heavy (non-hydrogen) atoms. The fourth-order valence-electron chi connectivity index (χ4n) is 1.38. The molecule has 1 aromatic carbocycles. The van der Waals surface area contributed by atoms with Gasteiger partial charge in [0.05, 0.1) is 6.21 Å². The van der Waals surface area contributed by atoms with Crippen LogP contribution < -0.4 is 5.32 Å². The van der Waals surface area contributed by atoms with Gasteiger partial charge < -0.3 is 10.2 Å². The number of hydrogen-bond donors (Lipinski definition) is 1. The van der Waals surface area contributed by atoms with E-state index in [1.165, 1.54) is 0 Å². The molecule has 0 bridgehead atoms. The highest BCUT2D eigenvalue weighted by Crippen LogP contribution is 2.03. The number of oxime groups is 1. The first kappa shape index (κ1) is 15.2. The molecule has 4 heteroatoms. The summed E-state index contributed by atoms with van der Waals surface area (Å²) in [5, 5.41) is 6.66. The van der Waals surface area contributed by atoms with Crippen LogP contribution in [0.1, 0.15) is 31.9 Å². The molecule has 0 fully saturated rings. The molecule has 1 rings (SSSR count). The third kappa shape index (κ3) is 5.55. The van der Waals surface area contributed by atoms with E-state index in [-0.39, 0.29) is 18.6 Å². The van der Waals surface area contributed by atoms with Crippen molar-refractivity contribution in [1.82, 2.24) is 5.32 Å². The number of aryl methyl sites for hydroxylation is 1. The highest BCUT2D eigenvalue weighted by atomic mass is 16.6. The van der Waals surface area contributed by atoms with Gasteiger partial charge in [-0.25, -0.2) is 0 Å². The summed E-state index contributed by atoms with van der Waals surface area (Å²) < 4.78 is 0. The van der Waals surface area contributed by atoms with Crippen LogP contribution in [0, 0.1) is 12.8 Å². The molecule has 0 unspecified atom stereocenters. The topological polar surface area (TPSA) is 50.7 Å². The number of nitrogens with one attached hydrogen (secondary N) is 1. The molecule has 0 heterocycles. The van der Waals surface area contributed by atoms with E-state index >= 15 is 0 Å². The van der Waals surface area contributed by atoms with Gasteiger partial charge in [-0.1, -0.05) is 43.3 Å². The van der Waals surface area contributed by atoms with Gasteiger partial charge in [0.2, 0.25) is 0 Å². The van der Waals surface area contributed by atoms with Crippen LogP contribution in [0.15, 0.2) is 29.4 Å². The molecule has 104 valence electrons. The van der Waals surface area contributed by atoms with E-state index in [2.05, 4.69) is 24.3 Å². The van der Waals surface area contributed by atoms with E-state index in [1.54, 1.807) is 6.21 Å². The van der Waals surface area contributed by atoms with Gasteiger partial charge in [0.15, 0.2) is 6.61 Å². The van der Waals surface area contributed by atoms with E-state index in [9.17, 15) is 4.79 Å². The minimum atomic E-state index is -0.150. The zero-order chi connectivity index (χ0) is 14.3. The molecular weight excluding hydrogens is 240 g/mol. The molecule has 0 radical (unpaired) electrons. The van der Waals surface area contributed by atoms with Gasteiger partial charge in [0.1, 0.15) is 0 Å². The number of rotatable bonds is 6. The van der Waals surface area contributed by atoms with Crippen molar-refractivity contribution < 1.29 is 9.63 Å². The smallest absolute Gasteiger partial charge is 0.260 e. The predicted molar refractivity (Wildman–Crippen MR) is 77.2 cm³/mol. The predicted octanol–water partition coefficient (Wildman–Crippen LogP) is 2.51. The van der Waals surface area contributed by atoms with E-state index in [1.807, 2.05) is 38.1 Å². The molecule has 0 saturated carbocycles. The van der Waals surface area contributed by atoms with Crippen molar-refractivity contribution in [3.05, 3.63) is 35.4 Å². The van der Waals surface area contributed by atoms with Crippen molar-refractivity contribution in [2.75, 3.05) is 6.61 Å². The molecule has 1 amide bonds. The van der Waals surface area contributed by atoms with Crippen molar-refractivity contribution >= 4 is 12.1 Å². The standard InChI is InChI=1S/C15H22N2O2/c1-11(2)13(4)17-15(18)10-19-16-9-14-8-6-5-7-12(14)3/h5-9,11,13H,10H2,1-4H3,(H,17,18)/b16-9-/t13-/m0/s1. The summed E-state index contributed by atoms with van der Waals surface area (Å²) in [4.78, 5) is 16.5. The number of amides is 1. The van der Waals surface area contributed by atoms with E-state index in [0.29, 0.717) is 5.92 Å². The summed E-state index contributed by atoms with van der Waals surface area (Å²) in [6, 6.07) is 7.98. The Morgan fingerprint density at radius 3 is 2.68 bits per heavy atom. The van der Waals surface area contributed by atoms with Crippen molar-refractivity contribution in [2.24, 2.45) is 11.1 Å². The molecule has 4 nitrogen and oxygen atoms in total. The normalized spacial score (nSPS) is 12.7. The van der Waals surface area contributed by atoms with Crippen molar-refractivity contribution in [3.8, 4) is 0 Å². The molecule has 1 atom stereocenters. The van der Waals surface area contributed by atoms with Crippen LogP contribution in [0.3, 0.4) is 0 Å². The monoisotopic (exact) mass is 262 g/mol. The second kappa shape index (κ2) is 7.56. The second-order valence-corrected chi connectivity index (χ2v) is 4.96. The van der Waals surface area contributed by atoms with Gasteiger partial charge in [0.25, 0.3) is 5.91 Å². The molecule has 0 aliphatic rings. The summed E-state index contributed by atoms with van der Waals surface area (Å²) in [7, 11) is 0. The van der Waals surface area contributed by atoms with Crippen LogP contribution in [0.5, 0.6) is 0 Å². The average Bonchev–Trinajstić information content (AvgIpc) is 2.36. The SMILES string of the molecule is Cc1ccccc1/C=N\OCC(=O)N[C@@H](C)C(C)C. The van der Waals surface area contributed by atoms with Crippen LogP contribution in [-0.2, 0) is 9.63 Å². The summed E-state index contributed by atoms with van der Waals surface area (Å²) in [6.07, 6.45) is 1.62. The van der Waals surface area contributed by atoms with Crippen LogP contribution in [-0.4, -0.2) is 24.8 Å². The summed E-state index contributed by atoms with van der Waals surface area (Å²) in [6.45, 7) is 8.03. The lowest BCUT2D eigenvalue weighted by atomic mass is 10.1. The Kier molecular flexibility index (Phi) is 6.06. The lowest BCUT2D eigenvalue weighted by molar-refractivity contribution is -0.126. The average molecular weight is 262 g/mol.